The van der Waals surface area contributed by atoms with Crippen molar-refractivity contribution in [3.05, 3.63) is 111 Å². The van der Waals surface area contributed by atoms with Crippen LogP contribution in [0, 0.1) is 6.92 Å². The van der Waals surface area contributed by atoms with Gasteiger partial charge in [-0.05, 0) is 75.4 Å². The van der Waals surface area contributed by atoms with E-state index in [2.05, 4.69) is 101 Å². The molecule has 0 unspecified atom stereocenters. The van der Waals surface area contributed by atoms with Crippen LogP contribution in [0.4, 0.5) is 0 Å². The number of aryl methyl sites for hydroxylation is 1. The van der Waals surface area contributed by atoms with Crippen LogP contribution in [0.2, 0.25) is 0 Å². The maximum atomic E-state index is 6.09. The van der Waals surface area contributed by atoms with E-state index < -0.39 is 0 Å². The van der Waals surface area contributed by atoms with Gasteiger partial charge in [0.2, 0.25) is 0 Å². The molecular weight excluding hydrogens is 552 g/mol. The Hall–Kier alpha value is -4.64. The first-order valence-corrected chi connectivity index (χ1v) is 16.3. The zero-order valence-corrected chi connectivity index (χ0v) is 26.8. The summed E-state index contributed by atoms with van der Waals surface area (Å²) in [5.41, 5.74) is 14.1. The molecule has 0 radical (unpaired) electrons. The molecule has 0 amide bonds. The number of ether oxygens (including phenoxy) is 1. The van der Waals surface area contributed by atoms with Crippen LogP contribution in [0.3, 0.4) is 0 Å². The van der Waals surface area contributed by atoms with Crippen molar-refractivity contribution in [3.8, 4) is 28.3 Å². The quantitative estimate of drug-likeness (QED) is 0.173. The third-order valence-electron chi connectivity index (χ3n) is 8.96. The normalized spacial score (nSPS) is 15.3. The molecule has 2 heterocycles. The van der Waals surface area contributed by atoms with Crippen LogP contribution in [-0.4, -0.2) is 23.2 Å². The fraction of sp³-hybridized carbons (Fsp3) is 0.300. The number of benzene rings is 3. The first-order valence-electron chi connectivity index (χ1n) is 16.3. The highest BCUT2D eigenvalue weighted by atomic mass is 16.5. The number of allylic oxidation sites excluding steroid dienone is 8. The summed E-state index contributed by atoms with van der Waals surface area (Å²) in [7, 11) is 0. The minimum absolute atomic E-state index is 0.433. The van der Waals surface area contributed by atoms with Crippen LogP contribution in [0.15, 0.2) is 94.0 Å². The first kappa shape index (κ1) is 29.1. The molecule has 0 saturated heterocycles. The number of unbranched alkanes of at least 4 members (excludes halogenated alkanes) is 3. The molecule has 1 aromatic heterocycles. The molecule has 0 fully saturated rings. The summed E-state index contributed by atoms with van der Waals surface area (Å²) in [6, 6.07) is 17.0. The number of rotatable bonds is 10. The van der Waals surface area contributed by atoms with E-state index in [-0.39, 0.29) is 0 Å². The van der Waals surface area contributed by atoms with Crippen molar-refractivity contribution in [2.75, 3.05) is 13.3 Å². The van der Waals surface area contributed by atoms with E-state index in [4.69, 9.17) is 24.7 Å². The SMILES string of the molecule is CCCCCCOc1ccc(-c2nc3c(C4=CC=C(C)C4)c4c(c(C5=CC=C(C)C5)c3nc2-c2ccc(C)cc2)=NCN=4)cc1. The van der Waals surface area contributed by atoms with Crippen LogP contribution in [0.25, 0.3) is 44.7 Å². The summed E-state index contributed by atoms with van der Waals surface area (Å²) in [5.74, 6) is 0.885. The fourth-order valence-electron chi connectivity index (χ4n) is 6.55. The summed E-state index contributed by atoms with van der Waals surface area (Å²) in [5, 5.41) is 1.90. The Morgan fingerprint density at radius 3 is 1.64 bits per heavy atom. The van der Waals surface area contributed by atoms with Crippen molar-refractivity contribution >= 4 is 22.2 Å². The lowest BCUT2D eigenvalue weighted by Crippen LogP contribution is -2.31. The lowest BCUT2D eigenvalue weighted by molar-refractivity contribution is 0.305. The second-order valence-electron chi connectivity index (χ2n) is 12.6. The molecule has 226 valence electrons. The lowest BCUT2D eigenvalue weighted by atomic mass is 9.92. The summed E-state index contributed by atoms with van der Waals surface area (Å²) < 4.78 is 6.09. The van der Waals surface area contributed by atoms with Crippen molar-refractivity contribution in [1.29, 1.82) is 0 Å². The van der Waals surface area contributed by atoms with Crippen molar-refractivity contribution < 1.29 is 4.74 Å². The molecule has 0 bridgehead atoms. The highest BCUT2D eigenvalue weighted by molar-refractivity contribution is 6.00. The smallest absolute Gasteiger partial charge is 0.130 e. The molecule has 5 nitrogen and oxygen atoms in total. The van der Waals surface area contributed by atoms with Crippen molar-refractivity contribution in [3.63, 3.8) is 0 Å². The molecule has 0 N–H and O–H groups in total. The highest BCUT2D eigenvalue weighted by Gasteiger charge is 2.26. The van der Waals surface area contributed by atoms with Crippen molar-refractivity contribution in [2.24, 2.45) is 9.98 Å². The minimum Gasteiger partial charge on any atom is -0.494 e. The zero-order chi connectivity index (χ0) is 30.9. The standard InChI is InChI=1S/C40H40N4O/c1-5-6-7-8-21-45-32-19-17-29(18-20-32)36-35(28-13-9-25(2)10-14-28)43-39-33(30-15-11-26(3)22-30)37-38(42-24-41-37)34(40(39)44-36)31-16-12-27(4)23-31/h9-20H,5-8,21-24H2,1-4H3. The molecule has 5 heteroatoms. The number of fused-ring (bicyclic) bond motifs is 2. The van der Waals surface area contributed by atoms with Crippen LogP contribution in [-0.2, 0) is 0 Å². The second kappa shape index (κ2) is 12.4. The van der Waals surface area contributed by atoms with E-state index in [1.165, 1.54) is 47.1 Å². The van der Waals surface area contributed by atoms with Gasteiger partial charge in [-0.25, -0.2) is 9.97 Å². The van der Waals surface area contributed by atoms with E-state index in [0.717, 1.165) is 87.0 Å². The van der Waals surface area contributed by atoms with Gasteiger partial charge in [-0.2, -0.15) is 0 Å². The topological polar surface area (TPSA) is 59.7 Å². The van der Waals surface area contributed by atoms with Gasteiger partial charge in [-0.3, -0.25) is 9.98 Å². The summed E-state index contributed by atoms with van der Waals surface area (Å²) in [6.45, 7) is 9.88. The molecule has 45 heavy (non-hydrogen) atoms. The minimum atomic E-state index is 0.433. The van der Waals surface area contributed by atoms with E-state index in [9.17, 15) is 0 Å². The monoisotopic (exact) mass is 592 g/mol. The van der Waals surface area contributed by atoms with Gasteiger partial charge in [-0.1, -0.05) is 91.5 Å². The maximum Gasteiger partial charge on any atom is 0.130 e. The number of hydrogen-bond acceptors (Lipinski definition) is 5. The zero-order valence-electron chi connectivity index (χ0n) is 26.8. The highest BCUT2D eigenvalue weighted by Crippen LogP contribution is 2.38. The number of hydrogen-bond donors (Lipinski definition) is 0. The fourth-order valence-corrected chi connectivity index (χ4v) is 6.55. The van der Waals surface area contributed by atoms with Gasteiger partial charge >= 0.3 is 0 Å². The number of nitrogens with zero attached hydrogens (tertiary/aromatic N) is 4. The van der Waals surface area contributed by atoms with Crippen molar-refractivity contribution in [1.82, 2.24) is 9.97 Å². The predicted molar refractivity (Wildman–Crippen MR) is 185 cm³/mol. The Morgan fingerprint density at radius 2 is 1.16 bits per heavy atom. The molecule has 3 aliphatic rings. The third-order valence-corrected chi connectivity index (χ3v) is 8.96. The molecule has 0 saturated carbocycles. The van der Waals surface area contributed by atoms with E-state index in [1.807, 2.05) is 0 Å². The molecule has 1 aliphatic heterocycles. The number of aromatic nitrogens is 2. The third kappa shape index (κ3) is 5.68. The predicted octanol–water partition coefficient (Wildman–Crippen LogP) is 8.91. The average Bonchev–Trinajstić information content (AvgIpc) is 3.81. The molecule has 0 atom stereocenters. The van der Waals surface area contributed by atoms with Gasteiger partial charge in [0.15, 0.2) is 0 Å². The molecule has 7 rings (SSSR count). The second-order valence-corrected chi connectivity index (χ2v) is 12.6. The van der Waals surface area contributed by atoms with Crippen LogP contribution < -0.4 is 15.5 Å². The van der Waals surface area contributed by atoms with Crippen LogP contribution in [0.1, 0.15) is 76.0 Å². The van der Waals surface area contributed by atoms with Crippen molar-refractivity contribution in [2.45, 2.75) is 66.2 Å². The Morgan fingerprint density at radius 1 is 0.622 bits per heavy atom. The van der Waals surface area contributed by atoms with Gasteiger partial charge in [0.1, 0.15) is 12.4 Å². The molecule has 3 aromatic carbocycles. The maximum absolute atomic E-state index is 6.09. The molecule has 2 aliphatic carbocycles. The van der Waals surface area contributed by atoms with Gasteiger partial charge in [0.25, 0.3) is 0 Å². The van der Waals surface area contributed by atoms with Gasteiger partial charge in [0, 0.05) is 22.3 Å². The average molecular weight is 593 g/mol. The summed E-state index contributed by atoms with van der Waals surface area (Å²) in [4.78, 5) is 21.0. The first-order chi connectivity index (χ1) is 22.0. The Bertz CT molecular complexity index is 2050. The van der Waals surface area contributed by atoms with E-state index in [0.29, 0.717) is 6.67 Å². The van der Waals surface area contributed by atoms with Crippen LogP contribution >= 0.6 is 0 Å². The van der Waals surface area contributed by atoms with Crippen LogP contribution in [0.5, 0.6) is 5.75 Å². The summed E-state index contributed by atoms with van der Waals surface area (Å²) in [6.07, 6.45) is 15.4. The van der Waals surface area contributed by atoms with Gasteiger partial charge in [-0.15, -0.1) is 0 Å². The summed E-state index contributed by atoms with van der Waals surface area (Å²) >= 11 is 0. The Balaban J connectivity index is 1.45. The van der Waals surface area contributed by atoms with E-state index in [1.54, 1.807) is 0 Å². The van der Waals surface area contributed by atoms with Gasteiger partial charge < -0.3 is 4.74 Å². The molecule has 4 aromatic rings. The Kier molecular flexibility index (Phi) is 8.01. The van der Waals surface area contributed by atoms with Gasteiger partial charge in [0.05, 0.1) is 39.7 Å². The van der Waals surface area contributed by atoms with E-state index >= 15 is 0 Å². The largest absolute Gasteiger partial charge is 0.494 e. The molecular formula is C40H40N4O. The Labute approximate surface area is 265 Å². The molecule has 0 spiro atoms. The lowest BCUT2D eigenvalue weighted by Gasteiger charge is -2.17.